The van der Waals surface area contributed by atoms with Crippen molar-refractivity contribution in [3.63, 3.8) is 0 Å². The molecule has 1 aromatic rings. The molecule has 0 aliphatic carbocycles. The Labute approximate surface area is 120 Å². The predicted molar refractivity (Wildman–Crippen MR) is 84.7 cm³/mol. The number of hydrogen-bond donors (Lipinski definition) is 0. The molecule has 0 saturated carbocycles. The van der Waals surface area contributed by atoms with E-state index in [1.54, 1.807) is 0 Å². The summed E-state index contributed by atoms with van der Waals surface area (Å²) in [5, 5.41) is 0.926. The molecule has 2 nitrogen and oxygen atoms in total. The minimum Gasteiger partial charge on any atom is -0.370 e. The Kier molecular flexibility index (Phi) is 6.72. The molecule has 3 heteroatoms. The highest BCUT2D eigenvalue weighted by molar-refractivity contribution is 9.08. The molecular weight excluding hydrogens is 288 g/mol. The Morgan fingerprint density at radius 1 is 1.06 bits per heavy atom. The molecule has 1 rings (SSSR count). The van der Waals surface area contributed by atoms with Gasteiger partial charge >= 0.3 is 0 Å². The van der Waals surface area contributed by atoms with Crippen LogP contribution in [0.2, 0.25) is 0 Å². The van der Waals surface area contributed by atoms with Gasteiger partial charge in [-0.2, -0.15) is 0 Å². The summed E-state index contributed by atoms with van der Waals surface area (Å²) in [6, 6.07) is 8.86. The van der Waals surface area contributed by atoms with Crippen LogP contribution in [0.1, 0.15) is 19.4 Å². The van der Waals surface area contributed by atoms with Crippen molar-refractivity contribution < 1.29 is 0 Å². The van der Waals surface area contributed by atoms with Gasteiger partial charge in [0.1, 0.15) is 0 Å². The molecule has 1 aromatic carbocycles. The SMILES string of the molecule is CC(C)CN(CCN(C)C)c1ccc(CBr)cc1. The maximum Gasteiger partial charge on any atom is 0.0366 e. The summed E-state index contributed by atoms with van der Waals surface area (Å²) in [5.41, 5.74) is 2.66. The van der Waals surface area contributed by atoms with Gasteiger partial charge in [0.05, 0.1) is 0 Å². The van der Waals surface area contributed by atoms with Gasteiger partial charge in [0, 0.05) is 30.7 Å². The molecule has 0 radical (unpaired) electrons. The van der Waals surface area contributed by atoms with E-state index in [-0.39, 0.29) is 0 Å². The van der Waals surface area contributed by atoms with Gasteiger partial charge in [0.25, 0.3) is 0 Å². The van der Waals surface area contributed by atoms with E-state index in [2.05, 4.69) is 77.9 Å². The van der Waals surface area contributed by atoms with Crippen molar-refractivity contribution in [3.8, 4) is 0 Å². The molecule has 0 fully saturated rings. The van der Waals surface area contributed by atoms with Gasteiger partial charge in [0.2, 0.25) is 0 Å². The van der Waals surface area contributed by atoms with Crippen molar-refractivity contribution in [1.29, 1.82) is 0 Å². The molecule has 102 valence electrons. The number of nitrogens with zero attached hydrogens (tertiary/aromatic N) is 2. The summed E-state index contributed by atoms with van der Waals surface area (Å²) in [6.45, 7) is 7.83. The fraction of sp³-hybridized carbons (Fsp3) is 0.600. The van der Waals surface area contributed by atoms with Crippen LogP contribution < -0.4 is 4.90 Å². The van der Waals surface area contributed by atoms with Crippen LogP contribution in [0.15, 0.2) is 24.3 Å². The van der Waals surface area contributed by atoms with E-state index < -0.39 is 0 Å². The fourth-order valence-electron chi connectivity index (χ4n) is 1.88. The summed E-state index contributed by atoms with van der Waals surface area (Å²) < 4.78 is 0. The molecule has 0 N–H and O–H groups in total. The van der Waals surface area contributed by atoms with Crippen LogP contribution >= 0.6 is 15.9 Å². The van der Waals surface area contributed by atoms with Gasteiger partial charge in [-0.1, -0.05) is 41.9 Å². The van der Waals surface area contributed by atoms with Crippen molar-refractivity contribution in [2.24, 2.45) is 5.92 Å². The molecule has 0 bridgehead atoms. The minimum atomic E-state index is 0.683. The first-order valence-electron chi connectivity index (χ1n) is 6.57. The first-order valence-corrected chi connectivity index (χ1v) is 7.69. The zero-order valence-electron chi connectivity index (χ0n) is 12.0. The smallest absolute Gasteiger partial charge is 0.0366 e. The van der Waals surface area contributed by atoms with Crippen molar-refractivity contribution in [3.05, 3.63) is 29.8 Å². The number of halogens is 1. The van der Waals surface area contributed by atoms with Crippen molar-refractivity contribution in [1.82, 2.24) is 4.90 Å². The van der Waals surface area contributed by atoms with E-state index >= 15 is 0 Å². The lowest BCUT2D eigenvalue weighted by atomic mass is 10.1. The third-order valence-corrected chi connectivity index (χ3v) is 3.51. The standard InChI is InChI=1S/C15H25BrN2/c1-13(2)12-18(10-9-17(3)4)15-7-5-14(11-16)6-8-15/h5-8,13H,9-12H2,1-4H3. The summed E-state index contributed by atoms with van der Waals surface area (Å²) >= 11 is 3.49. The van der Waals surface area contributed by atoms with Crippen LogP contribution in [0.3, 0.4) is 0 Å². The molecule has 0 heterocycles. The van der Waals surface area contributed by atoms with Gasteiger partial charge in [-0.05, 0) is 37.7 Å². The monoisotopic (exact) mass is 312 g/mol. The third kappa shape index (κ3) is 5.40. The third-order valence-electron chi connectivity index (χ3n) is 2.86. The van der Waals surface area contributed by atoms with E-state index in [4.69, 9.17) is 0 Å². The average molecular weight is 313 g/mol. The van der Waals surface area contributed by atoms with E-state index in [1.165, 1.54) is 11.3 Å². The van der Waals surface area contributed by atoms with Crippen molar-refractivity contribution >= 4 is 21.6 Å². The van der Waals surface area contributed by atoms with Crippen LogP contribution in [0.5, 0.6) is 0 Å². The van der Waals surface area contributed by atoms with Gasteiger partial charge in [-0.3, -0.25) is 0 Å². The maximum absolute atomic E-state index is 3.49. The van der Waals surface area contributed by atoms with Crippen LogP contribution in [-0.4, -0.2) is 38.6 Å². The molecule has 0 unspecified atom stereocenters. The normalized spacial score (nSPS) is 11.3. The van der Waals surface area contributed by atoms with E-state index in [0.29, 0.717) is 5.92 Å². The van der Waals surface area contributed by atoms with Crippen molar-refractivity contribution in [2.45, 2.75) is 19.2 Å². The second-order valence-electron chi connectivity index (χ2n) is 5.44. The molecular formula is C15H25BrN2. The number of anilines is 1. The molecule has 0 spiro atoms. The summed E-state index contributed by atoms with van der Waals surface area (Å²) in [7, 11) is 4.25. The largest absolute Gasteiger partial charge is 0.370 e. The van der Waals surface area contributed by atoms with Gasteiger partial charge in [0.15, 0.2) is 0 Å². The topological polar surface area (TPSA) is 6.48 Å². The van der Waals surface area contributed by atoms with E-state index in [1.807, 2.05) is 0 Å². The summed E-state index contributed by atoms with van der Waals surface area (Å²) in [5.74, 6) is 0.683. The molecule has 18 heavy (non-hydrogen) atoms. The van der Waals surface area contributed by atoms with Gasteiger partial charge in [-0.25, -0.2) is 0 Å². The van der Waals surface area contributed by atoms with E-state index in [0.717, 1.165) is 25.0 Å². The fourth-order valence-corrected chi connectivity index (χ4v) is 2.26. The second kappa shape index (κ2) is 7.80. The Balaban J connectivity index is 2.73. The average Bonchev–Trinajstić information content (AvgIpc) is 2.34. The van der Waals surface area contributed by atoms with Crippen LogP contribution in [-0.2, 0) is 5.33 Å². The zero-order valence-corrected chi connectivity index (χ0v) is 13.6. The lowest BCUT2D eigenvalue weighted by molar-refractivity contribution is 0.409. The first-order chi connectivity index (χ1) is 8.52. The molecule has 0 saturated heterocycles. The number of alkyl halides is 1. The minimum absolute atomic E-state index is 0.683. The Hall–Kier alpha value is -0.540. The molecule has 0 aliphatic heterocycles. The Bertz CT molecular complexity index is 333. The lowest BCUT2D eigenvalue weighted by Crippen LogP contribution is -2.34. The number of benzene rings is 1. The summed E-state index contributed by atoms with van der Waals surface area (Å²) in [4.78, 5) is 4.71. The van der Waals surface area contributed by atoms with Crippen molar-refractivity contribution in [2.75, 3.05) is 38.6 Å². The van der Waals surface area contributed by atoms with Gasteiger partial charge in [-0.15, -0.1) is 0 Å². The second-order valence-corrected chi connectivity index (χ2v) is 6.00. The number of rotatable bonds is 7. The van der Waals surface area contributed by atoms with E-state index in [9.17, 15) is 0 Å². The molecule has 0 atom stereocenters. The molecule has 0 aromatic heterocycles. The number of hydrogen-bond acceptors (Lipinski definition) is 2. The highest BCUT2D eigenvalue weighted by Crippen LogP contribution is 2.18. The molecule has 0 amide bonds. The highest BCUT2D eigenvalue weighted by atomic mass is 79.9. The zero-order chi connectivity index (χ0) is 13.5. The number of likely N-dealkylation sites (N-methyl/N-ethyl adjacent to an activating group) is 1. The Morgan fingerprint density at radius 2 is 1.67 bits per heavy atom. The maximum atomic E-state index is 3.49. The first kappa shape index (κ1) is 15.5. The quantitative estimate of drug-likeness (QED) is 0.710. The Morgan fingerprint density at radius 3 is 2.11 bits per heavy atom. The van der Waals surface area contributed by atoms with Crippen LogP contribution in [0.25, 0.3) is 0 Å². The highest BCUT2D eigenvalue weighted by Gasteiger charge is 2.08. The predicted octanol–water partition coefficient (Wildman–Crippen LogP) is 3.61. The van der Waals surface area contributed by atoms with Crippen LogP contribution in [0, 0.1) is 5.92 Å². The summed E-state index contributed by atoms with van der Waals surface area (Å²) in [6.07, 6.45) is 0. The lowest BCUT2D eigenvalue weighted by Gasteiger charge is -2.28. The van der Waals surface area contributed by atoms with Crippen LogP contribution in [0.4, 0.5) is 5.69 Å². The van der Waals surface area contributed by atoms with Gasteiger partial charge < -0.3 is 9.80 Å². The molecule has 0 aliphatic rings.